The maximum atomic E-state index is 11.6. The van der Waals surface area contributed by atoms with E-state index in [1.54, 1.807) is 6.92 Å². The van der Waals surface area contributed by atoms with Gasteiger partial charge in [0, 0.05) is 12.8 Å². The van der Waals surface area contributed by atoms with E-state index in [1.807, 2.05) is 12.1 Å². The van der Waals surface area contributed by atoms with Crippen molar-refractivity contribution in [1.29, 1.82) is 0 Å². The van der Waals surface area contributed by atoms with E-state index in [1.165, 1.54) is 12.7 Å². The van der Waals surface area contributed by atoms with Crippen molar-refractivity contribution < 1.29 is 28.5 Å². The lowest BCUT2D eigenvalue weighted by Gasteiger charge is -2.35. The molecule has 0 aromatic heterocycles. The summed E-state index contributed by atoms with van der Waals surface area (Å²) < 4.78 is 26.5. The number of rotatable bonds is 5. The molecule has 0 amide bonds. The predicted octanol–water partition coefficient (Wildman–Crippen LogP) is 2.29. The minimum Gasteiger partial charge on any atom is -0.465 e. The number of carbonyl (C=O) groups is 1. The molecule has 0 radical (unpaired) electrons. The Labute approximate surface area is 135 Å². The van der Waals surface area contributed by atoms with Gasteiger partial charge in [-0.3, -0.25) is 0 Å². The zero-order valence-corrected chi connectivity index (χ0v) is 13.5. The summed E-state index contributed by atoms with van der Waals surface area (Å²) in [5, 5.41) is 0. The van der Waals surface area contributed by atoms with Crippen LogP contribution in [0.4, 0.5) is 0 Å². The van der Waals surface area contributed by atoms with E-state index in [9.17, 15) is 4.79 Å². The van der Waals surface area contributed by atoms with Crippen LogP contribution in [0, 0.1) is 5.92 Å². The highest BCUT2D eigenvalue weighted by Gasteiger charge is 2.41. The molecule has 6 nitrogen and oxygen atoms in total. The number of benzene rings is 1. The molecule has 1 aromatic carbocycles. The van der Waals surface area contributed by atoms with Crippen molar-refractivity contribution in [2.45, 2.75) is 32.0 Å². The molecule has 23 heavy (non-hydrogen) atoms. The van der Waals surface area contributed by atoms with Gasteiger partial charge in [0.15, 0.2) is 11.5 Å². The standard InChI is InChI=1S/C17H22O6/c1-17(16(18)19-2)22-9-13(10-23-17)5-3-4-12-6-7-14-15(8-12)21-11-20-14/h6-8,13H,3-5,9-11H2,1-2H3. The molecule has 1 fully saturated rings. The van der Waals surface area contributed by atoms with Crippen LogP contribution in [0.3, 0.4) is 0 Å². The Morgan fingerprint density at radius 1 is 1.26 bits per heavy atom. The Bertz CT molecular complexity index is 562. The molecule has 3 rings (SSSR count). The number of hydrogen-bond donors (Lipinski definition) is 0. The molecule has 1 saturated heterocycles. The summed E-state index contributed by atoms with van der Waals surface area (Å²) in [6, 6.07) is 6.05. The molecule has 0 atom stereocenters. The van der Waals surface area contributed by atoms with Crippen LogP contribution in [0.1, 0.15) is 25.3 Å². The Morgan fingerprint density at radius 2 is 2.00 bits per heavy atom. The van der Waals surface area contributed by atoms with Gasteiger partial charge in [-0.25, -0.2) is 4.79 Å². The number of aryl methyl sites for hydroxylation is 1. The lowest BCUT2D eigenvalue weighted by Crippen LogP contribution is -2.48. The Balaban J connectivity index is 1.43. The van der Waals surface area contributed by atoms with Crippen LogP contribution in [0.5, 0.6) is 11.5 Å². The van der Waals surface area contributed by atoms with Gasteiger partial charge in [-0.1, -0.05) is 6.07 Å². The van der Waals surface area contributed by atoms with Crippen LogP contribution < -0.4 is 9.47 Å². The molecule has 0 unspecified atom stereocenters. The zero-order valence-electron chi connectivity index (χ0n) is 13.5. The highest BCUT2D eigenvalue weighted by molar-refractivity contribution is 5.77. The highest BCUT2D eigenvalue weighted by Crippen LogP contribution is 2.33. The van der Waals surface area contributed by atoms with Gasteiger partial charge in [0.25, 0.3) is 5.79 Å². The lowest BCUT2D eigenvalue weighted by atomic mass is 9.99. The summed E-state index contributed by atoms with van der Waals surface area (Å²) in [6.07, 6.45) is 2.96. The number of ether oxygens (including phenoxy) is 5. The van der Waals surface area contributed by atoms with Gasteiger partial charge in [-0.15, -0.1) is 0 Å². The molecule has 2 aliphatic rings. The molecule has 1 aromatic rings. The van der Waals surface area contributed by atoms with E-state index in [0.29, 0.717) is 25.9 Å². The minimum atomic E-state index is -1.26. The molecule has 2 heterocycles. The van der Waals surface area contributed by atoms with Crippen LogP contribution in [0.2, 0.25) is 0 Å². The van der Waals surface area contributed by atoms with Crippen molar-refractivity contribution in [3.63, 3.8) is 0 Å². The van der Waals surface area contributed by atoms with E-state index >= 15 is 0 Å². The van der Waals surface area contributed by atoms with E-state index < -0.39 is 11.8 Å². The number of methoxy groups -OCH3 is 1. The van der Waals surface area contributed by atoms with Crippen molar-refractivity contribution in [3.8, 4) is 11.5 Å². The van der Waals surface area contributed by atoms with Gasteiger partial charge in [0.05, 0.1) is 20.3 Å². The molecule has 126 valence electrons. The molecule has 0 spiro atoms. The molecule has 0 aliphatic carbocycles. The van der Waals surface area contributed by atoms with E-state index in [0.717, 1.165) is 30.8 Å². The fourth-order valence-corrected chi connectivity index (χ4v) is 2.80. The first kappa shape index (κ1) is 16.1. The first-order chi connectivity index (χ1) is 11.1. The topological polar surface area (TPSA) is 63.2 Å². The second-order valence-corrected chi connectivity index (χ2v) is 6.01. The first-order valence-electron chi connectivity index (χ1n) is 7.85. The zero-order chi connectivity index (χ0) is 16.3. The maximum absolute atomic E-state index is 11.6. The molecule has 0 saturated carbocycles. The van der Waals surface area contributed by atoms with Gasteiger partial charge in [-0.05, 0) is 37.0 Å². The van der Waals surface area contributed by atoms with Gasteiger partial charge in [0.2, 0.25) is 6.79 Å². The third-order valence-electron chi connectivity index (χ3n) is 4.26. The van der Waals surface area contributed by atoms with Crippen molar-refractivity contribution >= 4 is 5.97 Å². The summed E-state index contributed by atoms with van der Waals surface area (Å²) in [6.45, 7) is 2.91. The van der Waals surface area contributed by atoms with Gasteiger partial charge in [0.1, 0.15) is 0 Å². The van der Waals surface area contributed by atoms with Crippen LogP contribution in [-0.4, -0.2) is 38.9 Å². The van der Waals surface area contributed by atoms with Gasteiger partial charge >= 0.3 is 5.97 Å². The minimum absolute atomic E-state index is 0.293. The number of fused-ring (bicyclic) bond motifs is 1. The number of carbonyl (C=O) groups excluding carboxylic acids is 1. The smallest absolute Gasteiger partial charge is 0.366 e. The average Bonchev–Trinajstić information content (AvgIpc) is 3.03. The van der Waals surface area contributed by atoms with Crippen molar-refractivity contribution in [2.75, 3.05) is 27.1 Å². The van der Waals surface area contributed by atoms with Crippen molar-refractivity contribution in [1.82, 2.24) is 0 Å². The quantitative estimate of drug-likeness (QED) is 0.775. The largest absolute Gasteiger partial charge is 0.465 e. The Morgan fingerprint density at radius 3 is 2.74 bits per heavy atom. The predicted molar refractivity (Wildman–Crippen MR) is 81.3 cm³/mol. The molecule has 0 bridgehead atoms. The van der Waals surface area contributed by atoms with Crippen LogP contribution in [-0.2, 0) is 25.4 Å². The lowest BCUT2D eigenvalue weighted by molar-refractivity contribution is -0.272. The van der Waals surface area contributed by atoms with E-state index in [-0.39, 0.29) is 0 Å². The number of esters is 1. The highest BCUT2D eigenvalue weighted by atomic mass is 16.7. The summed E-state index contributed by atoms with van der Waals surface area (Å²) in [7, 11) is 1.33. The third-order valence-corrected chi connectivity index (χ3v) is 4.26. The second-order valence-electron chi connectivity index (χ2n) is 6.01. The Hall–Kier alpha value is -1.79. The molecular weight excluding hydrogens is 300 g/mol. The number of hydrogen-bond acceptors (Lipinski definition) is 6. The van der Waals surface area contributed by atoms with Gasteiger partial charge in [-0.2, -0.15) is 0 Å². The molecule has 6 heteroatoms. The fraction of sp³-hybridized carbons (Fsp3) is 0.588. The van der Waals surface area contributed by atoms with Crippen molar-refractivity contribution in [3.05, 3.63) is 23.8 Å². The molecule has 2 aliphatic heterocycles. The van der Waals surface area contributed by atoms with Crippen molar-refractivity contribution in [2.24, 2.45) is 5.92 Å². The summed E-state index contributed by atoms with van der Waals surface area (Å²) in [4.78, 5) is 11.6. The summed E-state index contributed by atoms with van der Waals surface area (Å²) in [5.74, 6) is 0.173. The maximum Gasteiger partial charge on any atom is 0.366 e. The summed E-state index contributed by atoms with van der Waals surface area (Å²) in [5.41, 5.74) is 1.23. The first-order valence-corrected chi connectivity index (χ1v) is 7.85. The third kappa shape index (κ3) is 3.59. The molecular formula is C17H22O6. The monoisotopic (exact) mass is 322 g/mol. The van der Waals surface area contributed by atoms with Gasteiger partial charge < -0.3 is 23.7 Å². The normalized spacial score (nSPS) is 26.1. The van der Waals surface area contributed by atoms with Crippen LogP contribution >= 0.6 is 0 Å². The average molecular weight is 322 g/mol. The second kappa shape index (κ2) is 6.76. The summed E-state index contributed by atoms with van der Waals surface area (Å²) >= 11 is 0. The fourth-order valence-electron chi connectivity index (χ4n) is 2.80. The van der Waals surface area contributed by atoms with E-state index in [4.69, 9.17) is 23.7 Å². The molecule has 0 N–H and O–H groups in total. The van der Waals surface area contributed by atoms with Crippen LogP contribution in [0.25, 0.3) is 0 Å². The van der Waals surface area contributed by atoms with Crippen LogP contribution in [0.15, 0.2) is 18.2 Å². The van der Waals surface area contributed by atoms with E-state index in [2.05, 4.69) is 6.07 Å². The SMILES string of the molecule is COC(=O)C1(C)OCC(CCCc2ccc3c(c2)OCO3)CO1. The Kier molecular flexibility index (Phi) is 4.73.